The van der Waals surface area contributed by atoms with Crippen molar-refractivity contribution in [2.45, 2.75) is 30.2 Å². The average Bonchev–Trinajstić information content (AvgIpc) is 3.20. The van der Waals surface area contributed by atoms with E-state index in [2.05, 4.69) is 41.4 Å². The molecule has 0 bridgehead atoms. The molecular formula is C21H24N2O4S. The quantitative estimate of drug-likeness (QED) is 0.474. The molecule has 0 aliphatic carbocycles. The third-order valence-electron chi connectivity index (χ3n) is 4.30. The van der Waals surface area contributed by atoms with Gasteiger partial charge in [0, 0.05) is 10.8 Å². The highest BCUT2D eigenvalue weighted by molar-refractivity contribution is 7.99. The van der Waals surface area contributed by atoms with Gasteiger partial charge in [-0.1, -0.05) is 49.0 Å². The van der Waals surface area contributed by atoms with Gasteiger partial charge >= 0.3 is 0 Å². The Hall–Kier alpha value is -2.67. The molecule has 0 saturated heterocycles. The third kappa shape index (κ3) is 4.78. The Bertz CT molecular complexity index is 873. The molecule has 0 N–H and O–H groups in total. The lowest BCUT2D eigenvalue weighted by Gasteiger charge is -2.12. The van der Waals surface area contributed by atoms with Gasteiger partial charge in [-0.3, -0.25) is 0 Å². The summed E-state index contributed by atoms with van der Waals surface area (Å²) >= 11 is 1.58. The highest BCUT2D eigenvalue weighted by Gasteiger charge is 2.18. The molecule has 3 rings (SSSR count). The van der Waals surface area contributed by atoms with Crippen molar-refractivity contribution in [3.63, 3.8) is 0 Å². The summed E-state index contributed by atoms with van der Waals surface area (Å²) in [5, 5.41) is 9.25. The zero-order valence-electron chi connectivity index (χ0n) is 16.5. The Labute approximate surface area is 169 Å². The topological polar surface area (TPSA) is 66.6 Å². The minimum atomic E-state index is 0.355. The minimum absolute atomic E-state index is 0.355. The number of aromatic nitrogens is 2. The summed E-state index contributed by atoms with van der Waals surface area (Å²) in [7, 11) is 4.72. The van der Waals surface area contributed by atoms with Crippen molar-refractivity contribution in [3.05, 3.63) is 48.0 Å². The Kier molecular flexibility index (Phi) is 6.81. The number of hydrogen-bond acceptors (Lipinski definition) is 7. The fourth-order valence-electron chi connectivity index (χ4n) is 2.82. The van der Waals surface area contributed by atoms with E-state index in [1.165, 1.54) is 5.56 Å². The van der Waals surface area contributed by atoms with E-state index in [1.54, 1.807) is 45.2 Å². The van der Waals surface area contributed by atoms with Crippen molar-refractivity contribution < 1.29 is 18.6 Å². The SMILES string of the molecule is COc1cc(-c2nnc(SC(C)CCc3ccccc3)o2)cc(OC)c1OC. The van der Waals surface area contributed by atoms with Crippen LogP contribution in [0.2, 0.25) is 0 Å². The van der Waals surface area contributed by atoms with Crippen LogP contribution in [0.3, 0.4) is 0 Å². The van der Waals surface area contributed by atoms with Crippen LogP contribution in [0.25, 0.3) is 11.5 Å². The van der Waals surface area contributed by atoms with E-state index in [1.807, 2.05) is 6.07 Å². The van der Waals surface area contributed by atoms with E-state index in [9.17, 15) is 0 Å². The van der Waals surface area contributed by atoms with Crippen LogP contribution >= 0.6 is 11.8 Å². The van der Waals surface area contributed by atoms with E-state index < -0.39 is 0 Å². The molecule has 2 aromatic carbocycles. The summed E-state index contributed by atoms with van der Waals surface area (Å²) in [6.07, 6.45) is 2.04. The first kappa shape index (κ1) is 20.1. The molecule has 1 aromatic heterocycles. The molecule has 0 spiro atoms. The van der Waals surface area contributed by atoms with Gasteiger partial charge in [-0.05, 0) is 30.5 Å². The fourth-order valence-corrected chi connectivity index (χ4v) is 3.62. The normalized spacial score (nSPS) is 11.9. The van der Waals surface area contributed by atoms with E-state index in [-0.39, 0.29) is 0 Å². The second-order valence-corrected chi connectivity index (χ2v) is 7.63. The van der Waals surface area contributed by atoms with Gasteiger partial charge in [-0.25, -0.2) is 0 Å². The molecule has 1 unspecified atom stereocenters. The monoisotopic (exact) mass is 400 g/mol. The molecule has 0 amide bonds. The molecule has 1 atom stereocenters. The van der Waals surface area contributed by atoms with E-state index in [4.69, 9.17) is 18.6 Å². The first-order chi connectivity index (χ1) is 13.6. The van der Waals surface area contributed by atoms with Gasteiger partial charge in [0.2, 0.25) is 11.6 Å². The highest BCUT2D eigenvalue weighted by Crippen LogP contribution is 2.41. The summed E-state index contributed by atoms with van der Waals surface area (Å²) in [6.45, 7) is 2.16. The van der Waals surface area contributed by atoms with Gasteiger partial charge in [0.25, 0.3) is 5.22 Å². The molecule has 6 nitrogen and oxygen atoms in total. The fraction of sp³-hybridized carbons (Fsp3) is 0.333. The molecule has 3 aromatic rings. The van der Waals surface area contributed by atoms with Gasteiger partial charge < -0.3 is 18.6 Å². The first-order valence-electron chi connectivity index (χ1n) is 8.99. The van der Waals surface area contributed by atoms with Crippen molar-refractivity contribution in [2.75, 3.05) is 21.3 Å². The number of ether oxygens (including phenoxy) is 3. The molecule has 0 aliphatic heterocycles. The number of methoxy groups -OCH3 is 3. The lowest BCUT2D eigenvalue weighted by atomic mass is 10.1. The molecule has 0 fully saturated rings. The van der Waals surface area contributed by atoms with Gasteiger partial charge in [0.15, 0.2) is 11.5 Å². The van der Waals surface area contributed by atoms with Crippen LogP contribution in [0, 0.1) is 0 Å². The maximum atomic E-state index is 5.85. The summed E-state index contributed by atoms with van der Waals surface area (Å²) < 4.78 is 22.0. The van der Waals surface area contributed by atoms with Crippen molar-refractivity contribution >= 4 is 11.8 Å². The number of aryl methyl sites for hydroxylation is 1. The lowest BCUT2D eigenvalue weighted by Crippen LogP contribution is -1.98. The maximum Gasteiger partial charge on any atom is 0.277 e. The van der Waals surface area contributed by atoms with Gasteiger partial charge in [-0.2, -0.15) is 0 Å². The van der Waals surface area contributed by atoms with Crippen LogP contribution < -0.4 is 14.2 Å². The molecular weight excluding hydrogens is 376 g/mol. The summed E-state index contributed by atoms with van der Waals surface area (Å²) in [5.74, 6) is 2.02. The Morgan fingerprint density at radius 2 is 1.64 bits per heavy atom. The average molecular weight is 401 g/mol. The second kappa shape index (κ2) is 9.50. The molecule has 7 heteroatoms. The van der Waals surface area contributed by atoms with Crippen LogP contribution in [-0.2, 0) is 6.42 Å². The van der Waals surface area contributed by atoms with Crippen LogP contribution in [0.5, 0.6) is 17.2 Å². The summed E-state index contributed by atoms with van der Waals surface area (Å²) in [4.78, 5) is 0. The smallest absolute Gasteiger partial charge is 0.277 e. The Morgan fingerprint density at radius 3 is 2.25 bits per heavy atom. The molecule has 0 radical (unpaired) electrons. The van der Waals surface area contributed by atoms with Crippen LogP contribution in [0.1, 0.15) is 18.9 Å². The zero-order valence-corrected chi connectivity index (χ0v) is 17.3. The van der Waals surface area contributed by atoms with Crippen molar-refractivity contribution in [1.29, 1.82) is 0 Å². The van der Waals surface area contributed by atoms with Gasteiger partial charge in [-0.15, -0.1) is 10.2 Å². The standard InChI is InChI=1S/C21H24N2O4S/c1-14(10-11-15-8-6-5-7-9-15)28-21-23-22-20(27-21)16-12-17(24-2)19(26-4)18(13-16)25-3/h5-9,12-14H,10-11H2,1-4H3. The predicted molar refractivity (Wildman–Crippen MR) is 109 cm³/mol. The Balaban J connectivity index is 1.69. The Morgan fingerprint density at radius 1 is 0.964 bits per heavy atom. The predicted octanol–water partition coefficient (Wildman–Crippen LogP) is 4.88. The lowest BCUT2D eigenvalue weighted by molar-refractivity contribution is 0.324. The van der Waals surface area contributed by atoms with Crippen molar-refractivity contribution in [1.82, 2.24) is 10.2 Å². The molecule has 148 valence electrons. The number of benzene rings is 2. The number of rotatable bonds is 9. The molecule has 0 aliphatic rings. The third-order valence-corrected chi connectivity index (χ3v) is 5.31. The molecule has 0 saturated carbocycles. The van der Waals surface area contributed by atoms with Gasteiger partial charge in [0.05, 0.1) is 21.3 Å². The maximum absolute atomic E-state index is 5.85. The second-order valence-electron chi connectivity index (χ2n) is 6.24. The largest absolute Gasteiger partial charge is 0.493 e. The highest BCUT2D eigenvalue weighted by atomic mass is 32.2. The van der Waals surface area contributed by atoms with Crippen LogP contribution in [-0.4, -0.2) is 36.8 Å². The number of nitrogens with zero attached hydrogens (tertiary/aromatic N) is 2. The number of thioether (sulfide) groups is 1. The van der Waals surface area contributed by atoms with Crippen molar-refractivity contribution in [3.8, 4) is 28.7 Å². The van der Waals surface area contributed by atoms with Crippen LogP contribution in [0.4, 0.5) is 0 Å². The first-order valence-corrected chi connectivity index (χ1v) is 9.87. The summed E-state index contributed by atoms with van der Waals surface area (Å²) in [6, 6.07) is 14.0. The van der Waals surface area contributed by atoms with E-state index in [0.29, 0.717) is 39.2 Å². The van der Waals surface area contributed by atoms with Crippen LogP contribution in [0.15, 0.2) is 52.1 Å². The summed E-state index contributed by atoms with van der Waals surface area (Å²) in [5.41, 5.74) is 2.05. The van der Waals surface area contributed by atoms with Gasteiger partial charge in [0.1, 0.15) is 0 Å². The minimum Gasteiger partial charge on any atom is -0.493 e. The zero-order chi connectivity index (χ0) is 19.9. The molecule has 1 heterocycles. The van der Waals surface area contributed by atoms with Crippen molar-refractivity contribution in [2.24, 2.45) is 0 Å². The molecule has 28 heavy (non-hydrogen) atoms. The van der Waals surface area contributed by atoms with E-state index in [0.717, 1.165) is 12.8 Å². The number of hydrogen-bond donors (Lipinski definition) is 0. The van der Waals surface area contributed by atoms with E-state index >= 15 is 0 Å².